The Hall–Kier alpha value is -1.66. The van der Waals surface area contributed by atoms with E-state index in [0.717, 1.165) is 0 Å². The number of urea groups is 1. The van der Waals surface area contributed by atoms with E-state index in [0.29, 0.717) is 5.12 Å². The molecule has 0 heterocycles. The molecule has 72 valence electrons. The molecule has 6 heteroatoms. The number of benzene rings is 1. The third-order valence-electron chi connectivity index (χ3n) is 0.988. The molecule has 0 aliphatic carbocycles. The summed E-state index contributed by atoms with van der Waals surface area (Å²) in [7, 11) is 0. The van der Waals surface area contributed by atoms with Gasteiger partial charge in [-0.05, 0) is 12.1 Å². The normalized spacial score (nSPS) is 8.23. The third-order valence-corrected chi connectivity index (χ3v) is 0.988. The number of amides is 2. The van der Waals surface area contributed by atoms with E-state index in [9.17, 15) is 9.18 Å². The van der Waals surface area contributed by atoms with Crippen molar-refractivity contribution >= 4 is 6.03 Å². The minimum Gasteiger partial charge on any atom is -0.349 e. The van der Waals surface area contributed by atoms with Gasteiger partial charge in [-0.1, -0.05) is 18.2 Å². The van der Waals surface area contributed by atoms with Gasteiger partial charge in [0.1, 0.15) is 5.82 Å². The molecular formula is C7H11FN4O. The second-order valence-electron chi connectivity index (χ2n) is 2.04. The highest BCUT2D eigenvalue weighted by atomic mass is 19.1. The van der Waals surface area contributed by atoms with Crippen LogP contribution in [0.1, 0.15) is 0 Å². The lowest BCUT2D eigenvalue weighted by molar-refractivity contribution is 0.210. The van der Waals surface area contributed by atoms with Gasteiger partial charge in [-0.2, -0.15) is 5.12 Å². The molecule has 0 radical (unpaired) electrons. The van der Waals surface area contributed by atoms with Crippen LogP contribution in [0.5, 0.6) is 0 Å². The second kappa shape index (κ2) is 5.92. The second-order valence-corrected chi connectivity index (χ2v) is 2.04. The summed E-state index contributed by atoms with van der Waals surface area (Å²) < 4.78 is 11.9. The molecule has 0 saturated heterocycles. The maximum Gasteiger partial charge on any atom is 0.343 e. The van der Waals surface area contributed by atoms with Gasteiger partial charge in [-0.25, -0.2) is 20.9 Å². The van der Waals surface area contributed by atoms with Gasteiger partial charge in [0.25, 0.3) is 0 Å². The highest BCUT2D eigenvalue weighted by Crippen LogP contribution is 1.91. The summed E-state index contributed by atoms with van der Waals surface area (Å²) in [5.41, 5.74) is 4.47. The van der Waals surface area contributed by atoms with E-state index in [2.05, 4.69) is 17.4 Å². The lowest BCUT2D eigenvalue weighted by atomic mass is 10.4. The number of rotatable bonds is 0. The smallest absolute Gasteiger partial charge is 0.343 e. The van der Waals surface area contributed by atoms with E-state index in [1.807, 2.05) is 0 Å². The van der Waals surface area contributed by atoms with Crippen LogP contribution >= 0.6 is 0 Å². The maximum absolute atomic E-state index is 11.9. The lowest BCUT2D eigenvalue weighted by Crippen LogP contribution is -2.46. The highest BCUT2D eigenvalue weighted by molar-refractivity contribution is 5.70. The minimum absolute atomic E-state index is 0.178. The Bertz CT molecular complexity index is 252. The number of hydrogen-bond acceptors (Lipinski definition) is 3. The van der Waals surface area contributed by atoms with Crippen molar-refractivity contribution in [3.63, 3.8) is 0 Å². The van der Waals surface area contributed by atoms with Crippen molar-refractivity contribution in [2.75, 3.05) is 0 Å². The molecular weight excluding hydrogens is 175 g/mol. The number of hydrogen-bond donors (Lipinski definition) is 3. The van der Waals surface area contributed by atoms with E-state index >= 15 is 0 Å². The molecule has 0 fully saturated rings. The standard InChI is InChI=1S/C6H5F.CH6N4O/c7-6-4-2-1-3-5-6;2-1(6)5(3)4/h1-5H;3-4H2,(H2,2,6). The first-order chi connectivity index (χ1) is 6.04. The Morgan fingerprint density at radius 1 is 1.23 bits per heavy atom. The van der Waals surface area contributed by atoms with Crippen LogP contribution in [-0.2, 0) is 0 Å². The van der Waals surface area contributed by atoms with Crippen molar-refractivity contribution in [2.24, 2.45) is 17.4 Å². The van der Waals surface area contributed by atoms with Crippen LogP contribution in [0.25, 0.3) is 0 Å². The monoisotopic (exact) mass is 186 g/mol. The molecule has 0 aliphatic heterocycles. The largest absolute Gasteiger partial charge is 0.349 e. The van der Waals surface area contributed by atoms with Crippen LogP contribution in [0.3, 0.4) is 0 Å². The number of halogens is 1. The molecule has 1 aromatic carbocycles. The van der Waals surface area contributed by atoms with Crippen LogP contribution in [-0.4, -0.2) is 11.1 Å². The van der Waals surface area contributed by atoms with Crippen molar-refractivity contribution in [3.05, 3.63) is 36.1 Å². The molecule has 0 atom stereocenters. The summed E-state index contributed by atoms with van der Waals surface area (Å²) in [4.78, 5) is 9.60. The number of primary amides is 1. The number of carbonyl (C=O) groups is 1. The Kier molecular flexibility index (Phi) is 5.17. The van der Waals surface area contributed by atoms with Crippen LogP contribution in [0.4, 0.5) is 9.18 Å². The molecule has 0 aliphatic rings. The predicted octanol–water partition coefficient (Wildman–Crippen LogP) is -0.0598. The fourth-order valence-electron chi connectivity index (χ4n) is 0.415. The summed E-state index contributed by atoms with van der Waals surface area (Å²) in [6, 6.07) is 7.09. The first-order valence-corrected chi connectivity index (χ1v) is 3.33. The van der Waals surface area contributed by atoms with Gasteiger partial charge in [-0.3, -0.25) is 0 Å². The van der Waals surface area contributed by atoms with Crippen molar-refractivity contribution in [1.82, 2.24) is 5.12 Å². The summed E-state index contributed by atoms with van der Waals surface area (Å²) in [6.07, 6.45) is 0. The van der Waals surface area contributed by atoms with Gasteiger partial charge in [-0.15, -0.1) is 0 Å². The molecule has 13 heavy (non-hydrogen) atoms. The van der Waals surface area contributed by atoms with Crippen LogP contribution in [0, 0.1) is 5.82 Å². The van der Waals surface area contributed by atoms with Gasteiger partial charge in [0, 0.05) is 0 Å². The van der Waals surface area contributed by atoms with E-state index in [4.69, 9.17) is 0 Å². The number of nitrogens with zero attached hydrogens (tertiary/aromatic N) is 1. The predicted molar refractivity (Wildman–Crippen MR) is 46.2 cm³/mol. The average molecular weight is 186 g/mol. The zero-order valence-corrected chi connectivity index (χ0v) is 6.85. The fraction of sp³-hybridized carbons (Fsp3) is 0. The first-order valence-electron chi connectivity index (χ1n) is 3.33. The van der Waals surface area contributed by atoms with Crippen molar-refractivity contribution < 1.29 is 9.18 Å². The van der Waals surface area contributed by atoms with Crippen molar-refractivity contribution in [2.45, 2.75) is 0 Å². The third kappa shape index (κ3) is 6.73. The number of nitrogens with two attached hydrogens (primary N) is 3. The Morgan fingerprint density at radius 3 is 1.77 bits per heavy atom. The number of hydrazine groups is 2. The topological polar surface area (TPSA) is 98.4 Å². The Morgan fingerprint density at radius 2 is 1.62 bits per heavy atom. The molecule has 0 saturated carbocycles. The lowest BCUT2D eigenvalue weighted by Gasteiger charge is -2.00. The van der Waals surface area contributed by atoms with Crippen LogP contribution in [0.15, 0.2) is 30.3 Å². The summed E-state index contributed by atoms with van der Waals surface area (Å²) in [5, 5.41) is 0.306. The number of carbonyl (C=O) groups excluding carboxylic acids is 1. The van der Waals surface area contributed by atoms with Crippen molar-refractivity contribution in [3.8, 4) is 0 Å². The molecule has 0 bridgehead atoms. The van der Waals surface area contributed by atoms with Gasteiger partial charge in [0.05, 0.1) is 0 Å². The SMILES string of the molecule is Fc1ccccc1.NC(=O)N(N)N. The highest BCUT2D eigenvalue weighted by Gasteiger charge is 1.90. The van der Waals surface area contributed by atoms with Gasteiger partial charge < -0.3 is 5.73 Å². The minimum atomic E-state index is -0.852. The zero-order valence-electron chi connectivity index (χ0n) is 6.85. The van der Waals surface area contributed by atoms with Crippen LogP contribution < -0.4 is 17.4 Å². The van der Waals surface area contributed by atoms with Crippen LogP contribution in [0.2, 0.25) is 0 Å². The average Bonchev–Trinajstić information content (AvgIpc) is 2.06. The molecule has 0 spiro atoms. The molecule has 1 rings (SSSR count). The molecule has 0 aromatic heterocycles. The van der Waals surface area contributed by atoms with E-state index in [1.54, 1.807) is 18.2 Å². The van der Waals surface area contributed by atoms with Gasteiger partial charge in [0.2, 0.25) is 0 Å². The van der Waals surface area contributed by atoms with E-state index in [-0.39, 0.29) is 5.82 Å². The first kappa shape index (κ1) is 11.3. The van der Waals surface area contributed by atoms with E-state index in [1.165, 1.54) is 12.1 Å². The van der Waals surface area contributed by atoms with Crippen molar-refractivity contribution in [1.29, 1.82) is 0 Å². The maximum atomic E-state index is 11.9. The summed E-state index contributed by atoms with van der Waals surface area (Å²) in [5.74, 6) is 8.97. The van der Waals surface area contributed by atoms with E-state index < -0.39 is 6.03 Å². The summed E-state index contributed by atoms with van der Waals surface area (Å²) >= 11 is 0. The Labute approximate surface area is 74.8 Å². The molecule has 6 N–H and O–H groups in total. The molecule has 2 amide bonds. The Balaban J connectivity index is 0.000000226. The molecule has 1 aromatic rings. The quantitative estimate of drug-likeness (QED) is 0.300. The van der Waals surface area contributed by atoms with Gasteiger partial charge >= 0.3 is 6.03 Å². The van der Waals surface area contributed by atoms with Gasteiger partial charge in [0.15, 0.2) is 0 Å². The fourth-order valence-corrected chi connectivity index (χ4v) is 0.415. The summed E-state index contributed by atoms with van der Waals surface area (Å²) in [6.45, 7) is 0. The molecule has 5 nitrogen and oxygen atoms in total. The molecule has 0 unspecified atom stereocenters. The zero-order chi connectivity index (χ0) is 10.3.